The van der Waals surface area contributed by atoms with Gasteiger partial charge in [-0.1, -0.05) is 18.2 Å². The number of pyridine rings is 1. The zero-order valence-corrected chi connectivity index (χ0v) is 13.8. The van der Waals surface area contributed by atoms with E-state index in [0.717, 1.165) is 17.0 Å². The number of aromatic nitrogens is 3. The summed E-state index contributed by atoms with van der Waals surface area (Å²) in [6.07, 6.45) is 4.13. The van der Waals surface area contributed by atoms with E-state index in [0.29, 0.717) is 29.4 Å². The highest BCUT2D eigenvalue weighted by Gasteiger charge is 2.31. The van der Waals surface area contributed by atoms with Crippen molar-refractivity contribution in [1.82, 2.24) is 14.8 Å². The first-order chi connectivity index (χ1) is 12.7. The Balaban J connectivity index is 1.72. The molecule has 5 rings (SSSR count). The predicted molar refractivity (Wildman–Crippen MR) is 95.8 cm³/mol. The van der Waals surface area contributed by atoms with E-state index in [9.17, 15) is 9.59 Å². The maximum Gasteiger partial charge on any atom is 0.281 e. The summed E-state index contributed by atoms with van der Waals surface area (Å²) in [6.45, 7) is 0. The van der Waals surface area contributed by atoms with E-state index < -0.39 is 0 Å². The monoisotopic (exact) mass is 345 g/mol. The lowest BCUT2D eigenvalue weighted by Gasteiger charge is -2.21. The zero-order valence-electron chi connectivity index (χ0n) is 13.8. The number of rotatable bonds is 2. The highest BCUT2D eigenvalue weighted by Crippen LogP contribution is 2.34. The van der Waals surface area contributed by atoms with Crippen molar-refractivity contribution in [3.8, 4) is 5.69 Å². The molecular weight excluding hydrogens is 330 g/mol. The van der Waals surface area contributed by atoms with Gasteiger partial charge in [0.05, 0.1) is 17.3 Å². The van der Waals surface area contributed by atoms with Crippen molar-refractivity contribution in [2.24, 2.45) is 0 Å². The minimum atomic E-state index is -0.191. The van der Waals surface area contributed by atoms with Gasteiger partial charge in [0.15, 0.2) is 11.4 Å². The molecule has 0 amide bonds. The second-order valence-corrected chi connectivity index (χ2v) is 6.51. The number of ketones is 1. The number of carbonyl (C=O) groups is 1. The molecule has 1 aromatic carbocycles. The summed E-state index contributed by atoms with van der Waals surface area (Å²) in [4.78, 5) is 30.0. The molecule has 0 saturated heterocycles. The van der Waals surface area contributed by atoms with E-state index in [-0.39, 0.29) is 17.3 Å². The van der Waals surface area contributed by atoms with Gasteiger partial charge in [-0.3, -0.25) is 14.7 Å². The molecule has 6 nitrogen and oxygen atoms in total. The fourth-order valence-electron chi connectivity index (χ4n) is 3.72. The smallest absolute Gasteiger partial charge is 0.281 e. The van der Waals surface area contributed by atoms with E-state index >= 15 is 0 Å². The molecule has 0 aliphatic heterocycles. The van der Waals surface area contributed by atoms with Gasteiger partial charge >= 0.3 is 0 Å². The lowest BCUT2D eigenvalue weighted by molar-refractivity contribution is 0.0960. The fraction of sp³-hybridized carbons (Fsp3) is 0.150. The summed E-state index contributed by atoms with van der Waals surface area (Å²) in [6, 6.07) is 13.0. The standard InChI is InChI=1S/C20H15N3O3/c24-16-10-12(17-7-4-8-26-17)9-14-15(16)11-21-19-18(14)20(25)23(22-19)13-5-2-1-3-6-13/h1-8,11-12H,9-10H2,(H,21,22). The second-order valence-electron chi connectivity index (χ2n) is 6.51. The predicted octanol–water partition coefficient (Wildman–Crippen LogP) is 3.22. The highest BCUT2D eigenvalue weighted by molar-refractivity contribution is 6.02. The van der Waals surface area contributed by atoms with Crippen molar-refractivity contribution in [2.45, 2.75) is 18.8 Å². The van der Waals surface area contributed by atoms with Gasteiger partial charge in [-0.05, 0) is 36.2 Å². The van der Waals surface area contributed by atoms with Gasteiger partial charge in [0.25, 0.3) is 5.56 Å². The van der Waals surface area contributed by atoms with Gasteiger partial charge in [-0.25, -0.2) is 9.67 Å². The van der Waals surface area contributed by atoms with Crippen LogP contribution in [0.3, 0.4) is 0 Å². The van der Waals surface area contributed by atoms with Gasteiger partial charge in [0.1, 0.15) is 5.76 Å². The average molecular weight is 345 g/mol. The van der Waals surface area contributed by atoms with Gasteiger partial charge in [-0.15, -0.1) is 0 Å². The Hall–Kier alpha value is -3.41. The molecule has 1 atom stereocenters. The van der Waals surface area contributed by atoms with Crippen molar-refractivity contribution < 1.29 is 9.21 Å². The lowest BCUT2D eigenvalue weighted by Crippen LogP contribution is -2.21. The van der Waals surface area contributed by atoms with Gasteiger partial charge in [0.2, 0.25) is 0 Å². The van der Waals surface area contributed by atoms with E-state index in [1.54, 1.807) is 12.5 Å². The largest absolute Gasteiger partial charge is 0.469 e. The molecule has 1 N–H and O–H groups in total. The third-order valence-electron chi connectivity index (χ3n) is 4.96. The molecule has 0 saturated carbocycles. The normalized spacial score (nSPS) is 16.8. The quantitative estimate of drug-likeness (QED) is 0.605. The van der Waals surface area contributed by atoms with Crippen LogP contribution < -0.4 is 5.56 Å². The number of hydrogen-bond donors (Lipinski definition) is 1. The van der Waals surface area contributed by atoms with Crippen molar-refractivity contribution in [3.63, 3.8) is 0 Å². The first-order valence-corrected chi connectivity index (χ1v) is 8.47. The first kappa shape index (κ1) is 14.9. The van der Waals surface area contributed by atoms with E-state index in [1.165, 1.54) is 4.68 Å². The maximum absolute atomic E-state index is 13.1. The molecule has 1 aliphatic carbocycles. The van der Waals surface area contributed by atoms with Crippen LogP contribution in [0.4, 0.5) is 0 Å². The number of H-pyrrole nitrogens is 1. The van der Waals surface area contributed by atoms with Crippen molar-refractivity contribution in [1.29, 1.82) is 0 Å². The van der Waals surface area contributed by atoms with Gasteiger partial charge < -0.3 is 4.42 Å². The molecule has 1 aliphatic rings. The summed E-state index contributed by atoms with van der Waals surface area (Å²) in [5, 5.41) is 3.54. The van der Waals surface area contributed by atoms with Crippen LogP contribution in [0.15, 0.2) is 64.1 Å². The third kappa shape index (κ3) is 2.15. The number of aromatic amines is 1. The summed E-state index contributed by atoms with van der Waals surface area (Å²) in [5.41, 5.74) is 2.32. The van der Waals surface area contributed by atoms with Crippen LogP contribution in [-0.2, 0) is 6.42 Å². The summed E-state index contributed by atoms with van der Waals surface area (Å²) < 4.78 is 6.97. The van der Waals surface area contributed by atoms with Gasteiger partial charge in [0, 0.05) is 24.1 Å². The van der Waals surface area contributed by atoms with Crippen LogP contribution in [0.1, 0.15) is 34.0 Å². The Kier molecular flexibility index (Phi) is 3.18. The molecule has 128 valence electrons. The summed E-state index contributed by atoms with van der Waals surface area (Å²) in [5.74, 6) is 0.705. The molecule has 0 bridgehead atoms. The SMILES string of the molecule is O=C1CC(c2ccco2)Cc2c1cnc1[nH]n(-c3ccccc3)c(=O)c21. The Morgan fingerprint density at radius 3 is 2.69 bits per heavy atom. The number of fused-ring (bicyclic) bond motifs is 3. The molecule has 3 aromatic heterocycles. The van der Waals surface area contributed by atoms with Crippen molar-refractivity contribution >= 4 is 16.8 Å². The van der Waals surface area contributed by atoms with Crippen LogP contribution >= 0.6 is 0 Å². The molecule has 1 unspecified atom stereocenters. The number of hydrogen-bond acceptors (Lipinski definition) is 4. The van der Waals surface area contributed by atoms with E-state index in [1.807, 2.05) is 42.5 Å². The summed E-state index contributed by atoms with van der Waals surface area (Å²) >= 11 is 0. The topological polar surface area (TPSA) is 80.9 Å². The molecule has 0 fully saturated rings. The van der Waals surface area contributed by atoms with Crippen LogP contribution in [0.2, 0.25) is 0 Å². The van der Waals surface area contributed by atoms with Crippen molar-refractivity contribution in [2.75, 3.05) is 0 Å². The molecule has 6 heteroatoms. The Bertz CT molecular complexity index is 1170. The second kappa shape index (κ2) is 5.56. The average Bonchev–Trinajstić information content (AvgIpc) is 3.31. The molecular formula is C20H15N3O3. The fourth-order valence-corrected chi connectivity index (χ4v) is 3.72. The number of para-hydroxylation sites is 1. The van der Waals surface area contributed by atoms with Crippen LogP contribution in [-0.4, -0.2) is 20.5 Å². The van der Waals surface area contributed by atoms with Gasteiger partial charge in [-0.2, -0.15) is 0 Å². The number of benzene rings is 1. The molecule has 4 aromatic rings. The number of furan rings is 1. The maximum atomic E-state index is 13.1. The lowest BCUT2D eigenvalue weighted by atomic mass is 9.81. The molecule has 0 spiro atoms. The van der Waals surface area contributed by atoms with Crippen LogP contribution in [0.25, 0.3) is 16.7 Å². The Morgan fingerprint density at radius 2 is 1.92 bits per heavy atom. The van der Waals surface area contributed by atoms with Crippen LogP contribution in [0.5, 0.6) is 0 Å². The Morgan fingerprint density at radius 1 is 1.08 bits per heavy atom. The first-order valence-electron chi connectivity index (χ1n) is 8.47. The molecule has 26 heavy (non-hydrogen) atoms. The molecule has 0 radical (unpaired) electrons. The minimum Gasteiger partial charge on any atom is -0.469 e. The van der Waals surface area contributed by atoms with E-state index in [2.05, 4.69) is 10.1 Å². The highest BCUT2D eigenvalue weighted by atomic mass is 16.3. The van der Waals surface area contributed by atoms with E-state index in [4.69, 9.17) is 4.42 Å². The zero-order chi connectivity index (χ0) is 17.7. The molecule has 3 heterocycles. The minimum absolute atomic E-state index is 0.00564. The number of nitrogens with zero attached hydrogens (tertiary/aromatic N) is 2. The Labute approximate surface area is 148 Å². The summed E-state index contributed by atoms with van der Waals surface area (Å²) in [7, 11) is 0. The number of carbonyl (C=O) groups excluding carboxylic acids is 1. The third-order valence-corrected chi connectivity index (χ3v) is 4.96. The van der Waals surface area contributed by atoms with Crippen LogP contribution in [0, 0.1) is 0 Å². The number of nitrogens with one attached hydrogen (secondary N) is 1. The van der Waals surface area contributed by atoms with Crippen molar-refractivity contribution in [3.05, 3.63) is 82.2 Å². The number of Topliss-reactive ketones (excluding diaryl/α,β-unsaturated/α-hetero) is 1.